The average Bonchev–Trinajstić information content (AvgIpc) is 3.09. The highest BCUT2D eigenvalue weighted by Gasteiger charge is 2.02. The number of benzene rings is 1. The summed E-state index contributed by atoms with van der Waals surface area (Å²) in [7, 11) is 0. The lowest BCUT2D eigenvalue weighted by molar-refractivity contribution is 0.583. The number of hydrogen-bond donors (Lipinski definition) is 1. The molecule has 2 aromatic heterocycles. The number of nitrogens with one attached hydrogen (secondary N) is 1. The van der Waals surface area contributed by atoms with Crippen molar-refractivity contribution in [3.8, 4) is 0 Å². The molecule has 1 N–H and O–H groups in total. The number of para-hydroxylation sites is 1. The second kappa shape index (κ2) is 5.39. The number of anilines is 2. The Balaban J connectivity index is 1.68. The molecule has 0 unspecified atom stereocenters. The molecular formula is C14H15N5. The fraction of sp³-hybridized carbons (Fsp3) is 0.143. The molecule has 3 aromatic rings. The van der Waals surface area contributed by atoms with Gasteiger partial charge < -0.3 is 14.5 Å². The topological polar surface area (TPSA) is 47.7 Å². The molecule has 3 rings (SSSR count). The zero-order chi connectivity index (χ0) is 12.9. The summed E-state index contributed by atoms with van der Waals surface area (Å²) in [6.07, 6.45) is 9.35. The van der Waals surface area contributed by atoms with E-state index >= 15 is 0 Å². The summed E-state index contributed by atoms with van der Waals surface area (Å²) in [6, 6.07) is 10.0. The minimum Gasteiger partial charge on any atom is -0.336 e. The van der Waals surface area contributed by atoms with Crippen molar-refractivity contribution in [2.75, 3.05) is 5.32 Å². The number of rotatable bonds is 5. The van der Waals surface area contributed by atoms with Crippen molar-refractivity contribution in [1.82, 2.24) is 19.1 Å². The zero-order valence-corrected chi connectivity index (χ0v) is 10.5. The van der Waals surface area contributed by atoms with Crippen molar-refractivity contribution in [2.45, 2.75) is 13.1 Å². The molecule has 0 amide bonds. The van der Waals surface area contributed by atoms with Gasteiger partial charge in [0.25, 0.3) is 0 Å². The number of imidazole rings is 2. The van der Waals surface area contributed by atoms with Crippen LogP contribution in [0.25, 0.3) is 0 Å². The number of hydrogen-bond acceptors (Lipinski definition) is 3. The molecule has 96 valence electrons. The van der Waals surface area contributed by atoms with E-state index in [1.807, 2.05) is 53.6 Å². The van der Waals surface area contributed by atoms with E-state index < -0.39 is 0 Å². The first-order chi connectivity index (χ1) is 9.42. The molecule has 0 spiro atoms. The van der Waals surface area contributed by atoms with Crippen molar-refractivity contribution < 1.29 is 0 Å². The summed E-state index contributed by atoms with van der Waals surface area (Å²) in [4.78, 5) is 8.37. The highest BCUT2D eigenvalue weighted by atomic mass is 15.2. The van der Waals surface area contributed by atoms with Gasteiger partial charge in [0.15, 0.2) is 0 Å². The third kappa shape index (κ3) is 2.82. The summed E-state index contributed by atoms with van der Waals surface area (Å²) in [5.74, 6) is 0.853. The molecule has 0 aliphatic heterocycles. The van der Waals surface area contributed by atoms with Gasteiger partial charge in [0.2, 0.25) is 5.95 Å². The standard InChI is InChI=1S/C14H15N5/c1-2-4-13(5-3-1)17-14-16-7-9-19(14)11-10-18-8-6-15-12-18/h1-9,12H,10-11H2,(H,16,17). The van der Waals surface area contributed by atoms with Crippen LogP contribution in [0.15, 0.2) is 61.4 Å². The largest absolute Gasteiger partial charge is 0.336 e. The van der Waals surface area contributed by atoms with Crippen molar-refractivity contribution in [3.05, 3.63) is 61.4 Å². The van der Waals surface area contributed by atoms with Gasteiger partial charge in [-0.2, -0.15) is 0 Å². The molecular weight excluding hydrogens is 238 g/mol. The Kier molecular flexibility index (Phi) is 3.27. The van der Waals surface area contributed by atoms with Gasteiger partial charge in [-0.15, -0.1) is 0 Å². The summed E-state index contributed by atoms with van der Waals surface area (Å²) >= 11 is 0. The summed E-state index contributed by atoms with van der Waals surface area (Å²) in [5.41, 5.74) is 1.04. The van der Waals surface area contributed by atoms with Crippen LogP contribution in [0.4, 0.5) is 11.6 Å². The smallest absolute Gasteiger partial charge is 0.207 e. The van der Waals surface area contributed by atoms with Crippen LogP contribution in [0, 0.1) is 0 Å². The molecule has 1 aromatic carbocycles. The van der Waals surface area contributed by atoms with Crippen LogP contribution in [0.1, 0.15) is 0 Å². The van der Waals surface area contributed by atoms with E-state index in [4.69, 9.17) is 0 Å². The summed E-state index contributed by atoms with van der Waals surface area (Å²) < 4.78 is 4.14. The molecule has 2 heterocycles. The lowest BCUT2D eigenvalue weighted by Crippen LogP contribution is -2.08. The van der Waals surface area contributed by atoms with E-state index in [2.05, 4.69) is 19.9 Å². The third-order valence-electron chi connectivity index (χ3n) is 2.90. The van der Waals surface area contributed by atoms with E-state index in [9.17, 15) is 0 Å². The van der Waals surface area contributed by atoms with E-state index in [1.54, 1.807) is 12.4 Å². The molecule has 0 fully saturated rings. The molecule has 0 radical (unpaired) electrons. The fourth-order valence-electron chi connectivity index (χ4n) is 1.91. The molecule has 0 aliphatic rings. The van der Waals surface area contributed by atoms with Crippen LogP contribution < -0.4 is 5.32 Å². The first kappa shape index (κ1) is 11.5. The quantitative estimate of drug-likeness (QED) is 0.760. The van der Waals surface area contributed by atoms with Gasteiger partial charge in [-0.1, -0.05) is 18.2 Å². The van der Waals surface area contributed by atoms with Gasteiger partial charge in [0.1, 0.15) is 0 Å². The van der Waals surface area contributed by atoms with Crippen LogP contribution in [-0.4, -0.2) is 19.1 Å². The van der Waals surface area contributed by atoms with E-state index in [-0.39, 0.29) is 0 Å². The van der Waals surface area contributed by atoms with E-state index in [1.165, 1.54) is 0 Å². The Morgan fingerprint density at radius 1 is 1.00 bits per heavy atom. The van der Waals surface area contributed by atoms with Crippen LogP contribution in [0.5, 0.6) is 0 Å². The Labute approximate surface area is 111 Å². The van der Waals surface area contributed by atoms with Gasteiger partial charge in [-0.25, -0.2) is 9.97 Å². The Morgan fingerprint density at radius 3 is 2.68 bits per heavy atom. The lowest BCUT2D eigenvalue weighted by Gasteiger charge is -2.10. The summed E-state index contributed by atoms with van der Waals surface area (Å²) in [5, 5.41) is 3.31. The van der Waals surface area contributed by atoms with Crippen molar-refractivity contribution in [2.24, 2.45) is 0 Å². The van der Waals surface area contributed by atoms with Crippen LogP contribution in [-0.2, 0) is 13.1 Å². The normalized spacial score (nSPS) is 10.5. The Hall–Kier alpha value is -2.56. The molecule has 0 aliphatic carbocycles. The third-order valence-corrected chi connectivity index (χ3v) is 2.90. The van der Waals surface area contributed by atoms with Crippen LogP contribution in [0.2, 0.25) is 0 Å². The molecule has 0 bridgehead atoms. The first-order valence-electron chi connectivity index (χ1n) is 6.21. The lowest BCUT2D eigenvalue weighted by atomic mass is 10.3. The predicted molar refractivity (Wildman–Crippen MR) is 74.2 cm³/mol. The minimum atomic E-state index is 0.853. The predicted octanol–water partition coefficient (Wildman–Crippen LogP) is 2.52. The maximum absolute atomic E-state index is 4.34. The number of nitrogens with zero attached hydrogens (tertiary/aromatic N) is 4. The van der Waals surface area contributed by atoms with Gasteiger partial charge >= 0.3 is 0 Å². The maximum atomic E-state index is 4.34. The molecule has 19 heavy (non-hydrogen) atoms. The molecule has 0 atom stereocenters. The number of aromatic nitrogens is 4. The first-order valence-corrected chi connectivity index (χ1v) is 6.21. The highest BCUT2D eigenvalue weighted by molar-refractivity contribution is 5.52. The SMILES string of the molecule is c1ccc(Nc2nccn2CCn2ccnc2)cc1. The van der Waals surface area contributed by atoms with Gasteiger partial charge in [-0.3, -0.25) is 0 Å². The van der Waals surface area contributed by atoms with Gasteiger partial charge in [0, 0.05) is 43.6 Å². The minimum absolute atomic E-state index is 0.853. The zero-order valence-electron chi connectivity index (χ0n) is 10.5. The molecule has 5 heteroatoms. The van der Waals surface area contributed by atoms with E-state index in [0.29, 0.717) is 0 Å². The second-order valence-electron chi connectivity index (χ2n) is 4.24. The fourth-order valence-corrected chi connectivity index (χ4v) is 1.91. The highest BCUT2D eigenvalue weighted by Crippen LogP contribution is 2.14. The average molecular weight is 253 g/mol. The second-order valence-corrected chi connectivity index (χ2v) is 4.24. The van der Waals surface area contributed by atoms with Crippen molar-refractivity contribution in [1.29, 1.82) is 0 Å². The molecule has 5 nitrogen and oxygen atoms in total. The Bertz CT molecular complexity index is 612. The monoisotopic (exact) mass is 253 g/mol. The van der Waals surface area contributed by atoms with Crippen molar-refractivity contribution >= 4 is 11.6 Å². The van der Waals surface area contributed by atoms with E-state index in [0.717, 1.165) is 24.7 Å². The van der Waals surface area contributed by atoms with Crippen LogP contribution in [0.3, 0.4) is 0 Å². The van der Waals surface area contributed by atoms with Gasteiger partial charge in [0.05, 0.1) is 6.33 Å². The molecule has 0 saturated carbocycles. The van der Waals surface area contributed by atoms with Gasteiger partial charge in [-0.05, 0) is 12.1 Å². The Morgan fingerprint density at radius 2 is 1.89 bits per heavy atom. The summed E-state index contributed by atoms with van der Waals surface area (Å²) in [6.45, 7) is 1.73. The van der Waals surface area contributed by atoms with Crippen molar-refractivity contribution in [3.63, 3.8) is 0 Å². The number of aryl methyl sites for hydroxylation is 2. The van der Waals surface area contributed by atoms with Crippen LogP contribution >= 0.6 is 0 Å². The molecule has 0 saturated heterocycles. The maximum Gasteiger partial charge on any atom is 0.207 e.